The van der Waals surface area contributed by atoms with Gasteiger partial charge in [0.15, 0.2) is 11.6 Å². The summed E-state index contributed by atoms with van der Waals surface area (Å²) in [4.78, 5) is 11.6. The third kappa shape index (κ3) is 2.06. The maximum Gasteiger partial charge on any atom is 0.222 e. The molecule has 0 spiro atoms. The highest BCUT2D eigenvalue weighted by atomic mass is 19.1. The molecule has 1 aliphatic rings. The van der Waals surface area contributed by atoms with Crippen LogP contribution in [0.3, 0.4) is 0 Å². The Kier molecular flexibility index (Phi) is 2.91. The Hall–Kier alpha value is -1.43. The van der Waals surface area contributed by atoms with Gasteiger partial charge in [-0.1, -0.05) is 0 Å². The van der Waals surface area contributed by atoms with Gasteiger partial charge in [-0.3, -0.25) is 0 Å². The number of hydrogen-bond acceptors (Lipinski definition) is 5. The average molecular weight is 225 g/mol. The lowest BCUT2D eigenvalue weighted by Crippen LogP contribution is -2.32. The van der Waals surface area contributed by atoms with Crippen molar-refractivity contribution in [2.75, 3.05) is 37.8 Å². The van der Waals surface area contributed by atoms with E-state index < -0.39 is 5.82 Å². The second-order valence-corrected chi connectivity index (χ2v) is 4.25. The van der Waals surface area contributed by atoms with Crippen molar-refractivity contribution in [3.8, 4) is 0 Å². The van der Waals surface area contributed by atoms with Crippen LogP contribution in [0.4, 0.5) is 16.2 Å². The van der Waals surface area contributed by atoms with Crippen molar-refractivity contribution in [3.05, 3.63) is 12.0 Å². The summed E-state index contributed by atoms with van der Waals surface area (Å²) in [6, 6.07) is 0.440. The molecule has 0 aliphatic carbocycles. The molecule has 0 amide bonds. The molecule has 6 heteroatoms. The topological polar surface area (TPSA) is 58.3 Å². The van der Waals surface area contributed by atoms with E-state index in [2.05, 4.69) is 14.9 Å². The van der Waals surface area contributed by atoms with Crippen LogP contribution < -0.4 is 10.6 Å². The van der Waals surface area contributed by atoms with Crippen LogP contribution in [-0.2, 0) is 0 Å². The molecule has 16 heavy (non-hydrogen) atoms. The molecule has 2 rings (SSSR count). The Morgan fingerprint density at radius 3 is 2.94 bits per heavy atom. The lowest BCUT2D eigenvalue weighted by atomic mass is 10.2. The fraction of sp³-hybridized carbons (Fsp3) is 0.600. The number of anilines is 2. The van der Waals surface area contributed by atoms with Crippen molar-refractivity contribution in [2.45, 2.75) is 12.5 Å². The quantitative estimate of drug-likeness (QED) is 0.786. The smallest absolute Gasteiger partial charge is 0.222 e. The summed E-state index contributed by atoms with van der Waals surface area (Å²) in [5, 5.41) is 0. The fourth-order valence-electron chi connectivity index (χ4n) is 1.95. The standard InChI is InChI=1S/C10H16FN5/c1-15(2)7-3-4-16(6-7)9-8(11)5-13-10(12)14-9/h5,7H,3-4,6H2,1-2H3,(H2,12,13,14). The van der Waals surface area contributed by atoms with Gasteiger partial charge in [0, 0.05) is 19.1 Å². The van der Waals surface area contributed by atoms with Gasteiger partial charge in [0.1, 0.15) is 0 Å². The van der Waals surface area contributed by atoms with E-state index in [9.17, 15) is 4.39 Å². The highest BCUT2D eigenvalue weighted by Crippen LogP contribution is 2.22. The van der Waals surface area contributed by atoms with Gasteiger partial charge < -0.3 is 15.5 Å². The summed E-state index contributed by atoms with van der Waals surface area (Å²) in [5.41, 5.74) is 5.46. The Morgan fingerprint density at radius 1 is 1.56 bits per heavy atom. The Bertz CT molecular complexity index is 381. The lowest BCUT2D eigenvalue weighted by molar-refractivity contribution is 0.315. The number of halogens is 1. The zero-order valence-electron chi connectivity index (χ0n) is 9.52. The molecule has 1 aromatic rings. The van der Waals surface area contributed by atoms with Gasteiger partial charge >= 0.3 is 0 Å². The minimum Gasteiger partial charge on any atom is -0.368 e. The number of rotatable bonds is 2. The van der Waals surface area contributed by atoms with Crippen molar-refractivity contribution in [2.24, 2.45) is 0 Å². The molecule has 0 aromatic carbocycles. The van der Waals surface area contributed by atoms with E-state index in [0.717, 1.165) is 25.7 Å². The highest BCUT2D eigenvalue weighted by molar-refractivity contribution is 5.43. The van der Waals surface area contributed by atoms with Crippen molar-refractivity contribution in [3.63, 3.8) is 0 Å². The lowest BCUT2D eigenvalue weighted by Gasteiger charge is -2.21. The fourth-order valence-corrected chi connectivity index (χ4v) is 1.95. The van der Waals surface area contributed by atoms with E-state index in [-0.39, 0.29) is 5.95 Å². The molecule has 2 N–H and O–H groups in total. The zero-order chi connectivity index (χ0) is 11.7. The van der Waals surface area contributed by atoms with Crippen molar-refractivity contribution < 1.29 is 4.39 Å². The Labute approximate surface area is 94.1 Å². The summed E-state index contributed by atoms with van der Waals surface area (Å²) < 4.78 is 13.5. The van der Waals surface area contributed by atoms with Gasteiger partial charge in [-0.15, -0.1) is 0 Å². The normalized spacial score (nSPS) is 20.8. The van der Waals surface area contributed by atoms with Crippen molar-refractivity contribution in [1.82, 2.24) is 14.9 Å². The molecular weight excluding hydrogens is 209 g/mol. The molecule has 0 saturated carbocycles. The number of hydrogen-bond donors (Lipinski definition) is 1. The molecule has 1 aromatic heterocycles. The first kappa shape index (κ1) is 11.1. The summed E-state index contributed by atoms with van der Waals surface area (Å²) >= 11 is 0. The second-order valence-electron chi connectivity index (χ2n) is 4.25. The first-order valence-corrected chi connectivity index (χ1v) is 5.27. The van der Waals surface area contributed by atoms with Gasteiger partial charge in [0.05, 0.1) is 6.20 Å². The van der Waals surface area contributed by atoms with Crippen LogP contribution in [0.2, 0.25) is 0 Å². The highest BCUT2D eigenvalue weighted by Gasteiger charge is 2.26. The van der Waals surface area contributed by atoms with Gasteiger partial charge in [0.2, 0.25) is 5.95 Å². The van der Waals surface area contributed by atoms with Crippen molar-refractivity contribution >= 4 is 11.8 Å². The van der Waals surface area contributed by atoms with Gasteiger partial charge in [-0.05, 0) is 20.5 Å². The van der Waals surface area contributed by atoms with E-state index >= 15 is 0 Å². The average Bonchev–Trinajstić information content (AvgIpc) is 2.70. The third-order valence-electron chi connectivity index (χ3n) is 2.94. The van der Waals surface area contributed by atoms with E-state index in [1.54, 1.807) is 0 Å². The third-order valence-corrected chi connectivity index (χ3v) is 2.94. The number of nitrogens with two attached hydrogens (primary N) is 1. The van der Waals surface area contributed by atoms with Crippen LogP contribution in [0, 0.1) is 5.82 Å². The Morgan fingerprint density at radius 2 is 2.31 bits per heavy atom. The summed E-state index contributed by atoms with van der Waals surface area (Å²) in [6.45, 7) is 1.58. The number of nitrogen functional groups attached to an aromatic ring is 1. The van der Waals surface area contributed by atoms with Crippen LogP contribution in [0.5, 0.6) is 0 Å². The van der Waals surface area contributed by atoms with E-state index in [4.69, 9.17) is 5.73 Å². The molecule has 1 unspecified atom stereocenters. The van der Waals surface area contributed by atoms with Crippen LogP contribution in [0.25, 0.3) is 0 Å². The monoisotopic (exact) mass is 225 g/mol. The zero-order valence-corrected chi connectivity index (χ0v) is 9.52. The molecule has 88 valence electrons. The summed E-state index contributed by atoms with van der Waals surface area (Å²) in [7, 11) is 4.05. The summed E-state index contributed by atoms with van der Waals surface area (Å²) in [5.74, 6) is 0.0233. The number of aromatic nitrogens is 2. The second kappa shape index (κ2) is 4.21. The first-order chi connectivity index (χ1) is 7.58. The SMILES string of the molecule is CN(C)C1CCN(c2nc(N)ncc2F)C1. The molecule has 2 heterocycles. The van der Waals surface area contributed by atoms with E-state index in [0.29, 0.717) is 11.9 Å². The van der Waals surface area contributed by atoms with Gasteiger partial charge in [0.25, 0.3) is 0 Å². The maximum absolute atomic E-state index is 13.5. The van der Waals surface area contributed by atoms with E-state index in [1.807, 2.05) is 19.0 Å². The minimum absolute atomic E-state index is 0.115. The van der Waals surface area contributed by atoms with Crippen LogP contribution >= 0.6 is 0 Å². The predicted octanol–water partition coefficient (Wildman–Crippen LogP) is 0.338. The molecule has 0 radical (unpaired) electrons. The van der Waals surface area contributed by atoms with Crippen molar-refractivity contribution in [1.29, 1.82) is 0 Å². The first-order valence-electron chi connectivity index (χ1n) is 5.27. The van der Waals surface area contributed by atoms with Crippen LogP contribution in [0.15, 0.2) is 6.20 Å². The van der Waals surface area contributed by atoms with E-state index in [1.165, 1.54) is 0 Å². The van der Waals surface area contributed by atoms with Gasteiger partial charge in [-0.2, -0.15) is 4.98 Å². The predicted molar refractivity (Wildman–Crippen MR) is 60.7 cm³/mol. The summed E-state index contributed by atoms with van der Waals surface area (Å²) in [6.07, 6.45) is 2.14. The molecule has 1 atom stereocenters. The Balaban J connectivity index is 2.17. The molecular formula is C10H16FN5. The van der Waals surface area contributed by atoms with Crippen LogP contribution in [0.1, 0.15) is 6.42 Å². The largest absolute Gasteiger partial charge is 0.368 e. The molecule has 1 aliphatic heterocycles. The molecule has 0 bridgehead atoms. The maximum atomic E-state index is 13.5. The number of nitrogens with zero attached hydrogens (tertiary/aromatic N) is 4. The molecule has 1 saturated heterocycles. The minimum atomic E-state index is -0.409. The van der Waals surface area contributed by atoms with Crippen LogP contribution in [-0.4, -0.2) is 48.1 Å². The molecule has 1 fully saturated rings. The number of likely N-dealkylation sites (N-methyl/N-ethyl adjacent to an activating group) is 1. The van der Waals surface area contributed by atoms with Gasteiger partial charge in [-0.25, -0.2) is 9.37 Å². The molecule has 5 nitrogen and oxygen atoms in total.